The molecule has 2 nitrogen and oxygen atoms in total. The number of thiophene rings is 1. The average Bonchev–Trinajstić information content (AvgIpc) is 2.43. The molecule has 0 fully saturated rings. The molecule has 0 aliphatic rings. The molecule has 13 heavy (non-hydrogen) atoms. The summed E-state index contributed by atoms with van der Waals surface area (Å²) in [7, 11) is 1.59. The lowest BCUT2D eigenvalue weighted by Gasteiger charge is -2.00. The van der Waals surface area contributed by atoms with Gasteiger partial charge in [0.05, 0.1) is 12.5 Å². The number of methoxy groups -OCH3 is 1. The van der Waals surface area contributed by atoms with Gasteiger partial charge in [0.1, 0.15) is 9.96 Å². The molecular weight excluding hydrogens is 204 g/mol. The topological polar surface area (TPSA) is 29.5 Å². The Morgan fingerprint density at radius 3 is 2.92 bits per heavy atom. The van der Waals surface area contributed by atoms with Crippen molar-refractivity contribution in [3.8, 4) is 11.5 Å². The van der Waals surface area contributed by atoms with Gasteiger partial charge in [0, 0.05) is 4.70 Å². The molecule has 0 saturated heterocycles. The first kappa shape index (κ1) is 8.72. The summed E-state index contributed by atoms with van der Waals surface area (Å²) in [5.74, 6) is 0.896. The predicted octanol–water partition coefficient (Wildman–Crippen LogP) is 2.90. The number of ether oxygens (including phenoxy) is 1. The van der Waals surface area contributed by atoms with Crippen LogP contribution in [0.2, 0.25) is 0 Å². The third-order valence-electron chi connectivity index (χ3n) is 1.85. The molecule has 0 spiro atoms. The second kappa shape index (κ2) is 3.12. The normalized spacial score (nSPS) is 10.6. The molecular formula is C9H8O2S2. The molecule has 0 saturated carbocycles. The lowest BCUT2D eigenvalue weighted by Crippen LogP contribution is -1.81. The molecule has 0 aliphatic heterocycles. The van der Waals surface area contributed by atoms with Crippen molar-refractivity contribution in [2.24, 2.45) is 0 Å². The summed E-state index contributed by atoms with van der Waals surface area (Å²) in [5.41, 5.74) is 0. The predicted molar refractivity (Wildman–Crippen MR) is 57.3 cm³/mol. The zero-order valence-corrected chi connectivity index (χ0v) is 8.65. The van der Waals surface area contributed by atoms with Gasteiger partial charge in [-0.05, 0) is 12.1 Å². The highest BCUT2D eigenvalue weighted by atomic mass is 32.2. The van der Waals surface area contributed by atoms with Crippen LogP contribution in [0.3, 0.4) is 0 Å². The van der Waals surface area contributed by atoms with E-state index in [9.17, 15) is 5.11 Å². The maximum absolute atomic E-state index is 9.66. The quantitative estimate of drug-likeness (QED) is 0.712. The molecule has 0 radical (unpaired) electrons. The Hall–Kier alpha value is -0.870. The highest BCUT2D eigenvalue weighted by Crippen LogP contribution is 2.43. The third-order valence-corrected chi connectivity index (χ3v) is 3.29. The fraction of sp³-hybridized carbons (Fsp3) is 0.111. The van der Waals surface area contributed by atoms with Crippen LogP contribution in [0, 0.1) is 0 Å². The van der Waals surface area contributed by atoms with Crippen molar-refractivity contribution in [1.82, 2.24) is 0 Å². The van der Waals surface area contributed by atoms with E-state index in [4.69, 9.17) is 4.74 Å². The lowest BCUT2D eigenvalue weighted by atomic mass is 10.2. The van der Waals surface area contributed by atoms with Gasteiger partial charge < -0.3 is 9.84 Å². The van der Waals surface area contributed by atoms with Gasteiger partial charge in [-0.25, -0.2) is 0 Å². The van der Waals surface area contributed by atoms with Crippen molar-refractivity contribution < 1.29 is 9.84 Å². The van der Waals surface area contributed by atoms with Crippen LogP contribution in [-0.2, 0) is 0 Å². The number of hydrogen-bond donors (Lipinski definition) is 2. The van der Waals surface area contributed by atoms with Crippen LogP contribution in [0.5, 0.6) is 11.5 Å². The number of aromatic hydroxyl groups is 1. The largest absolute Gasteiger partial charge is 0.505 e. The van der Waals surface area contributed by atoms with Crippen LogP contribution in [0.4, 0.5) is 0 Å². The molecule has 0 amide bonds. The molecule has 0 unspecified atom stereocenters. The minimum atomic E-state index is 0.209. The molecule has 1 aromatic heterocycles. The number of benzene rings is 1. The molecule has 0 bridgehead atoms. The summed E-state index contributed by atoms with van der Waals surface area (Å²) in [6, 6.07) is 5.65. The van der Waals surface area contributed by atoms with Crippen LogP contribution in [0.25, 0.3) is 10.1 Å². The molecule has 1 heterocycles. The van der Waals surface area contributed by atoms with E-state index >= 15 is 0 Å². The van der Waals surface area contributed by atoms with E-state index in [0.29, 0.717) is 9.96 Å². The van der Waals surface area contributed by atoms with Gasteiger partial charge in [-0.3, -0.25) is 0 Å². The van der Waals surface area contributed by atoms with Crippen molar-refractivity contribution >= 4 is 34.1 Å². The fourth-order valence-corrected chi connectivity index (χ4v) is 2.52. The molecule has 1 N–H and O–H groups in total. The van der Waals surface area contributed by atoms with Crippen LogP contribution < -0.4 is 4.74 Å². The fourth-order valence-electron chi connectivity index (χ4n) is 1.26. The smallest absolute Gasteiger partial charge is 0.151 e. The van der Waals surface area contributed by atoms with Crippen molar-refractivity contribution in [2.45, 2.75) is 4.21 Å². The van der Waals surface area contributed by atoms with Gasteiger partial charge in [-0.2, -0.15) is 0 Å². The zero-order valence-electron chi connectivity index (χ0n) is 6.94. The van der Waals surface area contributed by atoms with E-state index in [1.54, 1.807) is 7.11 Å². The van der Waals surface area contributed by atoms with Gasteiger partial charge in [0.2, 0.25) is 0 Å². The van der Waals surface area contributed by atoms with Gasteiger partial charge in [0.15, 0.2) is 5.75 Å². The average molecular weight is 212 g/mol. The first-order valence-electron chi connectivity index (χ1n) is 3.71. The SMILES string of the molecule is COc1cccc2sc(S)c(O)c12. The van der Waals surface area contributed by atoms with E-state index in [1.165, 1.54) is 11.3 Å². The Morgan fingerprint density at radius 2 is 2.23 bits per heavy atom. The molecule has 0 aliphatic carbocycles. The Balaban J connectivity index is 2.87. The summed E-state index contributed by atoms with van der Waals surface area (Å²) >= 11 is 5.60. The lowest BCUT2D eigenvalue weighted by molar-refractivity contribution is 0.415. The van der Waals surface area contributed by atoms with E-state index < -0.39 is 0 Å². The second-order valence-corrected chi connectivity index (χ2v) is 4.39. The van der Waals surface area contributed by atoms with Crippen LogP contribution in [0.1, 0.15) is 0 Å². The van der Waals surface area contributed by atoms with Gasteiger partial charge in [0.25, 0.3) is 0 Å². The maximum Gasteiger partial charge on any atom is 0.151 e. The summed E-state index contributed by atoms with van der Waals surface area (Å²) < 4.78 is 6.75. The molecule has 4 heteroatoms. The van der Waals surface area contributed by atoms with Gasteiger partial charge >= 0.3 is 0 Å². The molecule has 68 valence electrons. The van der Waals surface area contributed by atoms with E-state index in [0.717, 1.165) is 10.1 Å². The standard InChI is InChI=1S/C9H8O2S2/c1-11-5-3-2-4-6-7(5)8(10)9(12)13-6/h2-4,10,12H,1H3. The molecule has 0 atom stereocenters. The van der Waals surface area contributed by atoms with E-state index in [-0.39, 0.29) is 5.75 Å². The van der Waals surface area contributed by atoms with Crippen LogP contribution in [0.15, 0.2) is 22.4 Å². The van der Waals surface area contributed by atoms with Crippen molar-refractivity contribution in [3.63, 3.8) is 0 Å². The van der Waals surface area contributed by atoms with Gasteiger partial charge in [-0.15, -0.1) is 24.0 Å². The Morgan fingerprint density at radius 1 is 1.46 bits per heavy atom. The summed E-state index contributed by atoms with van der Waals surface area (Å²) in [6.45, 7) is 0. The van der Waals surface area contributed by atoms with Crippen molar-refractivity contribution in [2.75, 3.05) is 7.11 Å². The van der Waals surface area contributed by atoms with Crippen molar-refractivity contribution in [1.29, 1.82) is 0 Å². The first-order chi connectivity index (χ1) is 6.24. The molecule has 1 aromatic carbocycles. The summed E-state index contributed by atoms with van der Waals surface area (Å²) in [4.78, 5) is 0. The highest BCUT2D eigenvalue weighted by molar-refractivity contribution is 7.83. The number of hydrogen-bond acceptors (Lipinski definition) is 4. The third kappa shape index (κ3) is 1.26. The highest BCUT2D eigenvalue weighted by Gasteiger charge is 2.11. The van der Waals surface area contributed by atoms with Crippen LogP contribution in [-0.4, -0.2) is 12.2 Å². The summed E-state index contributed by atoms with van der Waals surface area (Å²) in [5, 5.41) is 10.4. The second-order valence-electron chi connectivity index (χ2n) is 2.59. The van der Waals surface area contributed by atoms with Crippen molar-refractivity contribution in [3.05, 3.63) is 18.2 Å². The minimum Gasteiger partial charge on any atom is -0.505 e. The minimum absolute atomic E-state index is 0.209. The number of thiol groups is 1. The first-order valence-corrected chi connectivity index (χ1v) is 4.98. The Labute approximate surface area is 85.2 Å². The van der Waals surface area contributed by atoms with Crippen LogP contribution >= 0.6 is 24.0 Å². The number of fused-ring (bicyclic) bond motifs is 1. The molecule has 2 rings (SSSR count). The van der Waals surface area contributed by atoms with Gasteiger partial charge in [-0.1, -0.05) is 6.07 Å². The molecule has 2 aromatic rings. The Kier molecular flexibility index (Phi) is 2.09. The monoisotopic (exact) mass is 212 g/mol. The number of rotatable bonds is 1. The van der Waals surface area contributed by atoms with E-state index in [1.807, 2.05) is 18.2 Å². The zero-order chi connectivity index (χ0) is 9.42. The summed E-state index contributed by atoms with van der Waals surface area (Å²) in [6.07, 6.45) is 0. The maximum atomic E-state index is 9.66. The van der Waals surface area contributed by atoms with E-state index in [2.05, 4.69) is 12.6 Å². The Bertz CT molecular complexity index is 448.